The summed E-state index contributed by atoms with van der Waals surface area (Å²) in [5.41, 5.74) is 1.66. The van der Waals surface area contributed by atoms with Gasteiger partial charge in [-0.1, -0.05) is 88.8 Å². The quantitative estimate of drug-likeness (QED) is 0.140. The normalized spacial score (nSPS) is 14.3. The van der Waals surface area contributed by atoms with Gasteiger partial charge < -0.3 is 15.1 Å². The van der Waals surface area contributed by atoms with Crippen molar-refractivity contribution in [3.05, 3.63) is 53.7 Å². The first-order chi connectivity index (χ1) is 20.4. The Morgan fingerprint density at radius 1 is 0.810 bits per heavy atom. The molecule has 42 heavy (non-hydrogen) atoms. The molecule has 0 unspecified atom stereocenters. The summed E-state index contributed by atoms with van der Waals surface area (Å²) in [6.07, 6.45) is 15.4. The number of anilines is 1. The van der Waals surface area contributed by atoms with Crippen molar-refractivity contribution in [2.24, 2.45) is 0 Å². The lowest BCUT2D eigenvalue weighted by molar-refractivity contribution is 0.0952. The molecule has 1 aliphatic heterocycles. The highest BCUT2D eigenvalue weighted by Gasteiger charge is 2.17. The Kier molecular flexibility index (Phi) is 15.3. The van der Waals surface area contributed by atoms with E-state index in [1.807, 2.05) is 19.1 Å². The van der Waals surface area contributed by atoms with Crippen LogP contribution in [-0.2, 0) is 14.3 Å². The standard InChI is InChI=1S/C33H52N4O4S/c1-3-36-23-25-37(26-24-36)32-21-18-30(28-35-32)33(38)34-22-14-12-10-8-6-4-5-7-9-11-13-15-27-41-42(39,40)31-19-16-29(2)17-20-31/h16-21,28H,3-15,22-27H2,1-2H3,(H,34,38). The fourth-order valence-corrected chi connectivity index (χ4v) is 6.18. The predicted octanol–water partition coefficient (Wildman–Crippen LogP) is 6.35. The number of nitrogens with zero attached hydrogens (tertiary/aromatic N) is 3. The Morgan fingerprint density at radius 3 is 1.93 bits per heavy atom. The van der Waals surface area contributed by atoms with Gasteiger partial charge in [-0.05, 0) is 50.6 Å². The van der Waals surface area contributed by atoms with Crippen molar-refractivity contribution in [1.82, 2.24) is 15.2 Å². The fraction of sp³-hybridized carbons (Fsp3) is 0.636. The Balaban J connectivity index is 1.09. The summed E-state index contributed by atoms with van der Waals surface area (Å²) >= 11 is 0. The number of benzene rings is 1. The molecule has 0 radical (unpaired) electrons. The van der Waals surface area contributed by atoms with Crippen LogP contribution in [-0.4, -0.2) is 70.1 Å². The van der Waals surface area contributed by atoms with Gasteiger partial charge in [-0.15, -0.1) is 0 Å². The highest BCUT2D eigenvalue weighted by Crippen LogP contribution is 2.16. The topological polar surface area (TPSA) is 91.8 Å². The molecular weight excluding hydrogens is 548 g/mol. The van der Waals surface area contributed by atoms with E-state index >= 15 is 0 Å². The van der Waals surface area contributed by atoms with Gasteiger partial charge in [0.2, 0.25) is 0 Å². The number of likely N-dealkylation sites (N-methyl/N-ethyl adjacent to an activating group) is 1. The van der Waals surface area contributed by atoms with E-state index < -0.39 is 10.1 Å². The van der Waals surface area contributed by atoms with Gasteiger partial charge in [0.25, 0.3) is 16.0 Å². The molecule has 8 nitrogen and oxygen atoms in total. The van der Waals surface area contributed by atoms with Gasteiger partial charge in [0, 0.05) is 38.9 Å². The minimum atomic E-state index is -3.64. The van der Waals surface area contributed by atoms with E-state index in [0.717, 1.165) is 76.2 Å². The van der Waals surface area contributed by atoms with Crippen LogP contribution in [0.15, 0.2) is 47.5 Å². The molecule has 0 aliphatic carbocycles. The fourth-order valence-electron chi connectivity index (χ4n) is 5.24. The molecule has 0 spiro atoms. The van der Waals surface area contributed by atoms with Crippen LogP contribution in [0.3, 0.4) is 0 Å². The Morgan fingerprint density at radius 2 is 1.38 bits per heavy atom. The maximum absolute atomic E-state index is 12.4. The van der Waals surface area contributed by atoms with Gasteiger partial charge in [0.15, 0.2) is 0 Å². The molecule has 9 heteroatoms. The number of unbranched alkanes of at least 4 members (excludes halogenated alkanes) is 11. The molecule has 1 saturated heterocycles. The van der Waals surface area contributed by atoms with Gasteiger partial charge in [-0.25, -0.2) is 4.98 Å². The highest BCUT2D eigenvalue weighted by molar-refractivity contribution is 7.86. The zero-order chi connectivity index (χ0) is 30.0. The number of carbonyl (C=O) groups excluding carboxylic acids is 1. The smallest absolute Gasteiger partial charge is 0.296 e. The third-order valence-corrected chi connectivity index (χ3v) is 9.38. The van der Waals surface area contributed by atoms with Crippen molar-refractivity contribution in [2.45, 2.75) is 95.8 Å². The molecule has 2 aromatic rings. The monoisotopic (exact) mass is 600 g/mol. The van der Waals surface area contributed by atoms with Crippen LogP contribution in [0.2, 0.25) is 0 Å². The lowest BCUT2D eigenvalue weighted by atomic mass is 10.1. The van der Waals surface area contributed by atoms with Crippen molar-refractivity contribution in [2.75, 3.05) is 50.8 Å². The van der Waals surface area contributed by atoms with E-state index in [9.17, 15) is 13.2 Å². The summed E-state index contributed by atoms with van der Waals surface area (Å²) in [6, 6.07) is 10.6. The number of carbonyl (C=O) groups is 1. The van der Waals surface area contributed by atoms with Gasteiger partial charge in [0.05, 0.1) is 17.1 Å². The zero-order valence-corrected chi connectivity index (χ0v) is 26.7. The molecular formula is C33H52N4O4S. The molecule has 1 aromatic carbocycles. The van der Waals surface area contributed by atoms with E-state index in [0.29, 0.717) is 12.1 Å². The van der Waals surface area contributed by atoms with Crippen molar-refractivity contribution < 1.29 is 17.4 Å². The van der Waals surface area contributed by atoms with E-state index in [1.54, 1.807) is 30.5 Å². The van der Waals surface area contributed by atoms with Gasteiger partial charge in [0.1, 0.15) is 5.82 Å². The summed E-state index contributed by atoms with van der Waals surface area (Å²) in [6.45, 7) is 10.3. The number of aromatic nitrogens is 1. The van der Waals surface area contributed by atoms with Crippen molar-refractivity contribution in [1.29, 1.82) is 0 Å². The highest BCUT2D eigenvalue weighted by atomic mass is 32.2. The van der Waals surface area contributed by atoms with Gasteiger partial charge in [-0.3, -0.25) is 8.98 Å². The lowest BCUT2D eigenvalue weighted by Crippen LogP contribution is -2.46. The number of hydrogen-bond acceptors (Lipinski definition) is 7. The second-order valence-corrected chi connectivity index (χ2v) is 13.0. The molecule has 3 rings (SSSR count). The molecule has 1 N–H and O–H groups in total. The maximum Gasteiger partial charge on any atom is 0.296 e. The molecule has 1 aromatic heterocycles. The summed E-state index contributed by atoms with van der Waals surface area (Å²) in [4.78, 5) is 21.9. The SMILES string of the molecule is CCN1CCN(c2ccc(C(=O)NCCCCCCCCCCCCCCOS(=O)(=O)c3ccc(C)cc3)cn2)CC1. The molecule has 1 aliphatic rings. The summed E-state index contributed by atoms with van der Waals surface area (Å²) < 4.78 is 29.5. The number of rotatable bonds is 20. The average molecular weight is 601 g/mol. The predicted molar refractivity (Wildman–Crippen MR) is 171 cm³/mol. The minimum absolute atomic E-state index is 0.0374. The van der Waals surface area contributed by atoms with Crippen LogP contribution in [0.25, 0.3) is 0 Å². The first-order valence-electron chi connectivity index (χ1n) is 16.1. The van der Waals surface area contributed by atoms with Crippen molar-refractivity contribution in [3.8, 4) is 0 Å². The second-order valence-electron chi connectivity index (χ2n) is 11.4. The van der Waals surface area contributed by atoms with Crippen LogP contribution < -0.4 is 10.2 Å². The number of hydrogen-bond donors (Lipinski definition) is 1. The van der Waals surface area contributed by atoms with Crippen LogP contribution in [0.4, 0.5) is 5.82 Å². The van der Waals surface area contributed by atoms with E-state index in [-0.39, 0.29) is 17.4 Å². The maximum atomic E-state index is 12.4. The van der Waals surface area contributed by atoms with Gasteiger partial charge >= 0.3 is 0 Å². The first kappa shape index (κ1) is 34.0. The third kappa shape index (κ3) is 12.4. The molecule has 2 heterocycles. The van der Waals surface area contributed by atoms with E-state index in [1.165, 1.54) is 44.9 Å². The molecule has 1 fully saturated rings. The van der Waals surface area contributed by atoms with Crippen LogP contribution >= 0.6 is 0 Å². The Labute approximate surface area is 254 Å². The van der Waals surface area contributed by atoms with Crippen molar-refractivity contribution in [3.63, 3.8) is 0 Å². The number of piperazine rings is 1. The summed E-state index contributed by atoms with van der Waals surface area (Å²) in [5.74, 6) is 0.918. The van der Waals surface area contributed by atoms with Crippen LogP contribution in [0, 0.1) is 6.92 Å². The van der Waals surface area contributed by atoms with E-state index in [2.05, 4.69) is 27.0 Å². The second kappa shape index (κ2) is 18.9. The van der Waals surface area contributed by atoms with E-state index in [4.69, 9.17) is 4.18 Å². The molecule has 1 amide bonds. The molecule has 0 bridgehead atoms. The van der Waals surface area contributed by atoms with Crippen molar-refractivity contribution >= 4 is 21.8 Å². The largest absolute Gasteiger partial charge is 0.354 e. The summed E-state index contributed by atoms with van der Waals surface area (Å²) in [5, 5.41) is 3.03. The minimum Gasteiger partial charge on any atom is -0.354 e. The summed E-state index contributed by atoms with van der Waals surface area (Å²) in [7, 11) is -3.64. The molecule has 0 atom stereocenters. The van der Waals surface area contributed by atoms with Crippen LogP contribution in [0.5, 0.6) is 0 Å². The number of aryl methyl sites for hydroxylation is 1. The third-order valence-electron chi connectivity index (χ3n) is 8.06. The molecule has 0 saturated carbocycles. The lowest BCUT2D eigenvalue weighted by Gasteiger charge is -2.34. The number of nitrogens with one attached hydrogen (secondary N) is 1. The average Bonchev–Trinajstić information content (AvgIpc) is 3.01. The number of pyridine rings is 1. The Hall–Kier alpha value is -2.49. The zero-order valence-electron chi connectivity index (χ0n) is 25.9. The van der Waals surface area contributed by atoms with Gasteiger partial charge in [-0.2, -0.15) is 8.42 Å². The Bertz CT molecular complexity index is 1130. The molecule has 234 valence electrons. The number of amides is 1. The first-order valence-corrected chi connectivity index (χ1v) is 17.5. The van der Waals surface area contributed by atoms with Crippen LogP contribution in [0.1, 0.15) is 99.9 Å².